The van der Waals surface area contributed by atoms with E-state index in [2.05, 4.69) is 24.4 Å². The molecular formula is C18H19N3O3. The zero-order valence-corrected chi connectivity index (χ0v) is 13.8. The van der Waals surface area contributed by atoms with Crippen molar-refractivity contribution >= 4 is 17.8 Å². The van der Waals surface area contributed by atoms with Gasteiger partial charge in [-0.05, 0) is 36.1 Å². The third kappa shape index (κ3) is 4.25. The Hall–Kier alpha value is -3.02. The Morgan fingerprint density at radius 3 is 2.42 bits per heavy atom. The van der Waals surface area contributed by atoms with E-state index in [9.17, 15) is 14.9 Å². The normalized spacial score (nSPS) is 11.0. The Labute approximate surface area is 140 Å². The highest BCUT2D eigenvalue weighted by atomic mass is 16.6. The standard InChI is InChI=1S/C18H19N3O3/c1-12(2)15-6-4-14(5-7-15)11-19-20-18(22)16-8-9-17(21(23)24)13(3)10-16/h4-12H,1-3H3,(H,20,22)/b19-11+. The Balaban J connectivity index is 2.02. The van der Waals surface area contributed by atoms with Crippen LogP contribution in [0.5, 0.6) is 0 Å². The van der Waals surface area contributed by atoms with Gasteiger partial charge in [0.05, 0.1) is 11.1 Å². The number of nitro groups is 1. The second kappa shape index (κ2) is 7.50. The van der Waals surface area contributed by atoms with Gasteiger partial charge in [0.1, 0.15) is 0 Å². The molecule has 0 aliphatic carbocycles. The first-order valence-electron chi connectivity index (χ1n) is 7.57. The van der Waals surface area contributed by atoms with Crippen molar-refractivity contribution < 1.29 is 9.72 Å². The molecule has 0 saturated carbocycles. The summed E-state index contributed by atoms with van der Waals surface area (Å²) in [5.74, 6) is 0.0455. The average molecular weight is 325 g/mol. The number of rotatable bonds is 5. The average Bonchev–Trinajstić information content (AvgIpc) is 2.54. The fourth-order valence-corrected chi connectivity index (χ4v) is 2.20. The minimum Gasteiger partial charge on any atom is -0.267 e. The molecule has 0 spiro atoms. The molecule has 0 aromatic heterocycles. The van der Waals surface area contributed by atoms with E-state index in [0.717, 1.165) is 5.56 Å². The fraction of sp³-hybridized carbons (Fsp3) is 0.222. The lowest BCUT2D eigenvalue weighted by Crippen LogP contribution is -2.17. The molecule has 0 unspecified atom stereocenters. The largest absolute Gasteiger partial charge is 0.272 e. The van der Waals surface area contributed by atoms with Crippen molar-refractivity contribution in [2.75, 3.05) is 0 Å². The molecule has 1 N–H and O–H groups in total. The van der Waals surface area contributed by atoms with E-state index in [0.29, 0.717) is 17.0 Å². The number of hydrogen-bond acceptors (Lipinski definition) is 4. The molecule has 6 heteroatoms. The molecule has 0 saturated heterocycles. The Morgan fingerprint density at radius 2 is 1.88 bits per heavy atom. The maximum absolute atomic E-state index is 12.0. The van der Waals surface area contributed by atoms with E-state index in [1.54, 1.807) is 13.1 Å². The second-order valence-electron chi connectivity index (χ2n) is 5.78. The van der Waals surface area contributed by atoms with E-state index >= 15 is 0 Å². The van der Waals surface area contributed by atoms with Crippen LogP contribution in [0, 0.1) is 17.0 Å². The minimum absolute atomic E-state index is 0.0136. The number of aryl methyl sites for hydroxylation is 1. The minimum atomic E-state index is -0.476. The summed E-state index contributed by atoms with van der Waals surface area (Å²) in [7, 11) is 0. The smallest absolute Gasteiger partial charge is 0.267 e. The van der Waals surface area contributed by atoms with Gasteiger partial charge in [-0.25, -0.2) is 5.43 Å². The molecule has 124 valence electrons. The van der Waals surface area contributed by atoms with Gasteiger partial charge in [0.2, 0.25) is 0 Å². The summed E-state index contributed by atoms with van der Waals surface area (Å²) in [5, 5.41) is 14.7. The van der Waals surface area contributed by atoms with E-state index in [-0.39, 0.29) is 5.69 Å². The summed E-state index contributed by atoms with van der Waals surface area (Å²) in [4.78, 5) is 22.3. The molecule has 0 heterocycles. The summed E-state index contributed by atoms with van der Waals surface area (Å²) in [5.41, 5.74) is 5.27. The molecule has 0 fully saturated rings. The quantitative estimate of drug-likeness (QED) is 0.515. The van der Waals surface area contributed by atoms with Crippen LogP contribution < -0.4 is 5.43 Å². The Morgan fingerprint density at radius 1 is 1.21 bits per heavy atom. The molecule has 0 aliphatic heterocycles. The molecule has 1 amide bonds. The number of carbonyl (C=O) groups is 1. The van der Waals surface area contributed by atoms with Crippen LogP contribution in [0.25, 0.3) is 0 Å². The maximum atomic E-state index is 12.0. The Bertz CT molecular complexity index is 781. The molecule has 0 atom stereocenters. The van der Waals surface area contributed by atoms with E-state index in [1.807, 2.05) is 24.3 Å². The number of nitrogens with one attached hydrogen (secondary N) is 1. The number of nitrogens with zero attached hydrogens (tertiary/aromatic N) is 2. The van der Waals surface area contributed by atoms with Crippen LogP contribution in [-0.2, 0) is 0 Å². The first-order chi connectivity index (χ1) is 11.4. The van der Waals surface area contributed by atoms with Crippen molar-refractivity contribution in [3.8, 4) is 0 Å². The third-order valence-electron chi connectivity index (χ3n) is 3.64. The van der Waals surface area contributed by atoms with Crippen LogP contribution in [0.4, 0.5) is 5.69 Å². The van der Waals surface area contributed by atoms with Crippen LogP contribution in [0.1, 0.15) is 46.8 Å². The van der Waals surface area contributed by atoms with E-state index < -0.39 is 10.8 Å². The van der Waals surface area contributed by atoms with Crippen LogP contribution >= 0.6 is 0 Å². The lowest BCUT2D eigenvalue weighted by molar-refractivity contribution is -0.385. The number of hydrazone groups is 1. The van der Waals surface area contributed by atoms with Gasteiger partial charge in [-0.2, -0.15) is 5.10 Å². The molecule has 2 aromatic carbocycles. The van der Waals surface area contributed by atoms with Gasteiger partial charge in [-0.3, -0.25) is 14.9 Å². The van der Waals surface area contributed by atoms with Crippen molar-refractivity contribution in [1.29, 1.82) is 0 Å². The van der Waals surface area contributed by atoms with Crippen LogP contribution in [-0.4, -0.2) is 17.0 Å². The zero-order chi connectivity index (χ0) is 17.7. The van der Waals surface area contributed by atoms with E-state index in [4.69, 9.17) is 0 Å². The number of nitro benzene ring substituents is 1. The summed E-state index contributed by atoms with van der Waals surface area (Å²) in [6.45, 7) is 5.83. The lowest BCUT2D eigenvalue weighted by atomic mass is 10.0. The number of carbonyl (C=O) groups excluding carboxylic acids is 1. The molecule has 2 aromatic rings. The SMILES string of the molecule is Cc1cc(C(=O)N/N=C/c2ccc(C(C)C)cc2)ccc1[N+](=O)[O-]. The first kappa shape index (κ1) is 17.3. The van der Waals surface area contributed by atoms with Crippen molar-refractivity contribution in [1.82, 2.24) is 5.43 Å². The van der Waals surface area contributed by atoms with Crippen LogP contribution in [0.3, 0.4) is 0 Å². The van der Waals surface area contributed by atoms with Crippen molar-refractivity contribution in [3.05, 3.63) is 74.8 Å². The molecule has 0 bridgehead atoms. The number of benzene rings is 2. The monoisotopic (exact) mass is 325 g/mol. The Kier molecular flexibility index (Phi) is 5.42. The summed E-state index contributed by atoms with van der Waals surface area (Å²) < 4.78 is 0. The molecule has 2 rings (SSSR count). The number of hydrogen-bond donors (Lipinski definition) is 1. The van der Waals surface area contributed by atoms with Crippen molar-refractivity contribution in [3.63, 3.8) is 0 Å². The van der Waals surface area contributed by atoms with Gasteiger partial charge in [0.15, 0.2) is 0 Å². The molecule has 24 heavy (non-hydrogen) atoms. The van der Waals surface area contributed by atoms with Gasteiger partial charge in [0.25, 0.3) is 11.6 Å². The highest BCUT2D eigenvalue weighted by Gasteiger charge is 2.13. The topological polar surface area (TPSA) is 84.6 Å². The van der Waals surface area contributed by atoms with E-state index in [1.165, 1.54) is 23.8 Å². The van der Waals surface area contributed by atoms with Crippen molar-refractivity contribution in [2.45, 2.75) is 26.7 Å². The molecule has 0 radical (unpaired) electrons. The fourth-order valence-electron chi connectivity index (χ4n) is 2.20. The van der Waals surface area contributed by atoms with Crippen LogP contribution in [0.15, 0.2) is 47.6 Å². The predicted octanol–water partition coefficient (Wildman–Crippen LogP) is 3.79. The maximum Gasteiger partial charge on any atom is 0.272 e. The summed E-state index contributed by atoms with van der Waals surface area (Å²) in [6, 6.07) is 12.1. The zero-order valence-electron chi connectivity index (χ0n) is 13.8. The summed E-state index contributed by atoms with van der Waals surface area (Å²) >= 11 is 0. The van der Waals surface area contributed by atoms with Gasteiger partial charge in [-0.1, -0.05) is 38.1 Å². The first-order valence-corrected chi connectivity index (χ1v) is 7.57. The summed E-state index contributed by atoms with van der Waals surface area (Å²) in [6.07, 6.45) is 1.56. The van der Waals surface area contributed by atoms with Crippen LogP contribution in [0.2, 0.25) is 0 Å². The molecular weight excluding hydrogens is 306 g/mol. The van der Waals surface area contributed by atoms with Crippen molar-refractivity contribution in [2.24, 2.45) is 5.10 Å². The van der Waals surface area contributed by atoms with Gasteiger partial charge < -0.3 is 0 Å². The third-order valence-corrected chi connectivity index (χ3v) is 3.64. The highest BCUT2D eigenvalue weighted by Crippen LogP contribution is 2.18. The molecule has 6 nitrogen and oxygen atoms in total. The van der Waals surface area contributed by atoms with Gasteiger partial charge in [0, 0.05) is 17.2 Å². The highest BCUT2D eigenvalue weighted by molar-refractivity contribution is 5.95. The number of amides is 1. The second-order valence-corrected chi connectivity index (χ2v) is 5.78. The lowest BCUT2D eigenvalue weighted by Gasteiger charge is -2.04. The molecule has 0 aliphatic rings. The van der Waals surface area contributed by atoms with Gasteiger partial charge in [-0.15, -0.1) is 0 Å². The van der Waals surface area contributed by atoms with Gasteiger partial charge >= 0.3 is 0 Å². The predicted molar refractivity (Wildman–Crippen MR) is 93.4 cm³/mol.